The van der Waals surface area contributed by atoms with Gasteiger partial charge in [-0.25, -0.2) is 14.2 Å². The van der Waals surface area contributed by atoms with Crippen LogP contribution in [0.15, 0.2) is 17.3 Å². The zero-order valence-corrected chi connectivity index (χ0v) is 11.4. The number of nitrogens with one attached hydrogen (secondary N) is 1. The van der Waals surface area contributed by atoms with Gasteiger partial charge in [0.1, 0.15) is 17.2 Å². The van der Waals surface area contributed by atoms with Crippen molar-refractivity contribution >= 4 is 34.4 Å². The van der Waals surface area contributed by atoms with Crippen molar-refractivity contribution in [2.24, 2.45) is 10.9 Å². The fourth-order valence-electron chi connectivity index (χ4n) is 1.69. The first-order valence-electron chi connectivity index (χ1n) is 5.77. The molecule has 0 amide bonds. The van der Waals surface area contributed by atoms with Crippen LogP contribution in [0.1, 0.15) is 17.8 Å². The molecule has 2 aromatic rings. The second-order valence-corrected chi connectivity index (χ2v) is 4.40. The van der Waals surface area contributed by atoms with E-state index in [9.17, 15) is 9.18 Å². The number of rotatable bonds is 4. The molecule has 6 nitrogen and oxygen atoms in total. The Morgan fingerprint density at radius 1 is 1.60 bits per heavy atom. The Kier molecular flexibility index (Phi) is 4.19. The number of halogens is 2. The standard InChI is InChI=1S/C12H12ClFN4O2/c1-6-16-8-3-2-7(14)10(11(8)17-6)12(15)18-20-9(19)4-5-13/h2-3H,4-5H2,1H3,(H2,15,18)(H,16,17). The van der Waals surface area contributed by atoms with Crippen LogP contribution in [0, 0.1) is 12.7 Å². The first-order chi connectivity index (χ1) is 9.52. The normalized spacial score (nSPS) is 11.8. The number of nitrogens with zero attached hydrogens (tertiary/aromatic N) is 2. The zero-order valence-electron chi connectivity index (χ0n) is 10.6. The predicted octanol–water partition coefficient (Wildman–Crippen LogP) is 1.80. The number of hydrogen-bond acceptors (Lipinski definition) is 4. The van der Waals surface area contributed by atoms with Gasteiger partial charge in [0.05, 0.1) is 17.5 Å². The van der Waals surface area contributed by atoms with Gasteiger partial charge in [0.25, 0.3) is 0 Å². The maximum absolute atomic E-state index is 13.9. The molecular weight excluding hydrogens is 287 g/mol. The second-order valence-electron chi connectivity index (χ2n) is 4.02. The molecule has 2 rings (SSSR count). The highest BCUT2D eigenvalue weighted by Crippen LogP contribution is 2.19. The molecule has 0 unspecified atom stereocenters. The Hall–Kier alpha value is -2.15. The maximum atomic E-state index is 13.9. The van der Waals surface area contributed by atoms with Crippen LogP contribution in [0.25, 0.3) is 11.0 Å². The summed E-state index contributed by atoms with van der Waals surface area (Å²) in [6.07, 6.45) is -0.00741. The molecule has 0 radical (unpaired) electrons. The number of aromatic amines is 1. The molecule has 0 saturated carbocycles. The van der Waals surface area contributed by atoms with E-state index in [1.807, 2.05) is 0 Å². The minimum Gasteiger partial charge on any atom is -0.380 e. The molecule has 106 valence electrons. The van der Waals surface area contributed by atoms with Gasteiger partial charge in [0, 0.05) is 5.88 Å². The molecule has 0 fully saturated rings. The van der Waals surface area contributed by atoms with Gasteiger partial charge in [-0.3, -0.25) is 0 Å². The van der Waals surface area contributed by atoms with E-state index in [1.165, 1.54) is 6.07 Å². The van der Waals surface area contributed by atoms with Crippen LogP contribution in [0.3, 0.4) is 0 Å². The van der Waals surface area contributed by atoms with Crippen molar-refractivity contribution in [2.75, 3.05) is 5.88 Å². The van der Waals surface area contributed by atoms with E-state index in [0.29, 0.717) is 16.9 Å². The zero-order chi connectivity index (χ0) is 14.7. The number of hydrogen-bond donors (Lipinski definition) is 2. The average Bonchev–Trinajstić information content (AvgIpc) is 2.76. The number of carbonyl (C=O) groups is 1. The van der Waals surface area contributed by atoms with Crippen molar-refractivity contribution in [2.45, 2.75) is 13.3 Å². The van der Waals surface area contributed by atoms with Crippen molar-refractivity contribution < 1.29 is 14.0 Å². The molecule has 0 atom stereocenters. The summed E-state index contributed by atoms with van der Waals surface area (Å²) in [4.78, 5) is 22.8. The van der Waals surface area contributed by atoms with Gasteiger partial charge in [0.2, 0.25) is 0 Å². The van der Waals surface area contributed by atoms with Crippen molar-refractivity contribution in [3.63, 3.8) is 0 Å². The lowest BCUT2D eigenvalue weighted by Gasteiger charge is -2.03. The quantitative estimate of drug-likeness (QED) is 0.296. The maximum Gasteiger partial charge on any atom is 0.336 e. The van der Waals surface area contributed by atoms with E-state index in [2.05, 4.69) is 20.0 Å². The molecular formula is C12H12ClFN4O2. The summed E-state index contributed by atoms with van der Waals surface area (Å²) in [5.41, 5.74) is 6.60. The molecule has 3 N–H and O–H groups in total. The van der Waals surface area contributed by atoms with E-state index < -0.39 is 11.8 Å². The number of oxime groups is 1. The number of aryl methyl sites for hydroxylation is 1. The van der Waals surface area contributed by atoms with Gasteiger partial charge >= 0.3 is 5.97 Å². The number of imidazole rings is 1. The van der Waals surface area contributed by atoms with E-state index >= 15 is 0 Å². The topological polar surface area (TPSA) is 93.4 Å². The third kappa shape index (κ3) is 2.88. The van der Waals surface area contributed by atoms with Gasteiger partial charge < -0.3 is 15.6 Å². The lowest BCUT2D eigenvalue weighted by molar-refractivity contribution is -0.143. The number of H-pyrrole nitrogens is 1. The molecule has 0 aliphatic heterocycles. The average molecular weight is 299 g/mol. The third-order valence-corrected chi connectivity index (χ3v) is 2.71. The number of alkyl halides is 1. The highest BCUT2D eigenvalue weighted by Gasteiger charge is 2.15. The van der Waals surface area contributed by atoms with E-state index in [4.69, 9.17) is 17.3 Å². The van der Waals surface area contributed by atoms with Gasteiger partial charge in [0.15, 0.2) is 5.84 Å². The monoisotopic (exact) mass is 298 g/mol. The van der Waals surface area contributed by atoms with Crippen LogP contribution in [0.5, 0.6) is 0 Å². The van der Waals surface area contributed by atoms with Crippen LogP contribution in [-0.2, 0) is 9.63 Å². The van der Waals surface area contributed by atoms with Crippen molar-refractivity contribution in [1.29, 1.82) is 0 Å². The number of benzene rings is 1. The van der Waals surface area contributed by atoms with Crippen LogP contribution < -0.4 is 5.73 Å². The summed E-state index contributed by atoms with van der Waals surface area (Å²) < 4.78 is 13.9. The Morgan fingerprint density at radius 2 is 2.35 bits per heavy atom. The highest BCUT2D eigenvalue weighted by atomic mass is 35.5. The molecule has 0 saturated heterocycles. The van der Waals surface area contributed by atoms with E-state index in [1.54, 1.807) is 13.0 Å². The number of aromatic nitrogens is 2. The fourth-order valence-corrected chi connectivity index (χ4v) is 1.84. The van der Waals surface area contributed by atoms with Crippen LogP contribution in [0.2, 0.25) is 0 Å². The van der Waals surface area contributed by atoms with Gasteiger partial charge in [-0.05, 0) is 19.1 Å². The molecule has 0 aliphatic carbocycles. The molecule has 8 heteroatoms. The minimum absolute atomic E-state index is 0.00741. The molecule has 0 spiro atoms. The highest BCUT2D eigenvalue weighted by molar-refractivity contribution is 6.18. The fraction of sp³-hybridized carbons (Fsp3) is 0.250. The Labute approximate surface area is 118 Å². The summed E-state index contributed by atoms with van der Waals surface area (Å²) >= 11 is 5.38. The Bertz CT molecular complexity index is 683. The first-order valence-corrected chi connectivity index (χ1v) is 6.31. The van der Waals surface area contributed by atoms with E-state index in [0.717, 1.165) is 0 Å². The van der Waals surface area contributed by atoms with Gasteiger partial charge in [-0.15, -0.1) is 11.6 Å². The Balaban J connectivity index is 2.38. The number of carbonyl (C=O) groups excluding carboxylic acids is 1. The third-order valence-electron chi connectivity index (χ3n) is 2.52. The number of amidine groups is 1. The number of nitrogens with two attached hydrogens (primary N) is 1. The lowest BCUT2D eigenvalue weighted by Crippen LogP contribution is -2.17. The van der Waals surface area contributed by atoms with Crippen LogP contribution >= 0.6 is 11.6 Å². The molecule has 0 bridgehead atoms. The summed E-state index contributed by atoms with van der Waals surface area (Å²) in [5, 5.41) is 3.43. The number of fused-ring (bicyclic) bond motifs is 1. The van der Waals surface area contributed by atoms with Crippen molar-refractivity contribution in [1.82, 2.24) is 9.97 Å². The predicted molar refractivity (Wildman–Crippen MR) is 72.9 cm³/mol. The summed E-state index contributed by atoms with van der Waals surface area (Å²) in [5.74, 6) is -0.787. The molecule has 20 heavy (non-hydrogen) atoms. The largest absolute Gasteiger partial charge is 0.380 e. The molecule has 0 aliphatic rings. The Morgan fingerprint density at radius 3 is 3.05 bits per heavy atom. The summed E-state index contributed by atoms with van der Waals surface area (Å²) in [6, 6.07) is 2.78. The summed E-state index contributed by atoms with van der Waals surface area (Å²) in [6.45, 7) is 1.73. The smallest absolute Gasteiger partial charge is 0.336 e. The molecule has 1 heterocycles. The van der Waals surface area contributed by atoms with E-state index in [-0.39, 0.29) is 23.7 Å². The molecule has 1 aromatic carbocycles. The second kappa shape index (κ2) is 5.87. The lowest BCUT2D eigenvalue weighted by atomic mass is 10.1. The van der Waals surface area contributed by atoms with Gasteiger partial charge in [-0.1, -0.05) is 5.16 Å². The van der Waals surface area contributed by atoms with Gasteiger partial charge in [-0.2, -0.15) is 0 Å². The van der Waals surface area contributed by atoms with Crippen LogP contribution in [-0.4, -0.2) is 27.7 Å². The SMILES string of the molecule is Cc1nc2c(/C(N)=N/OC(=O)CCCl)c(F)ccc2[nH]1. The summed E-state index contributed by atoms with van der Waals surface area (Å²) in [7, 11) is 0. The first kappa shape index (κ1) is 14.3. The van der Waals surface area contributed by atoms with Crippen LogP contribution in [0.4, 0.5) is 4.39 Å². The minimum atomic E-state index is -0.645. The van der Waals surface area contributed by atoms with Crippen molar-refractivity contribution in [3.05, 3.63) is 29.3 Å². The molecule has 1 aromatic heterocycles. The van der Waals surface area contributed by atoms with Crippen molar-refractivity contribution in [3.8, 4) is 0 Å².